The number of urea groups is 1. The minimum atomic E-state index is -1.04. The standard InChI is InChI=1S/C10H20N2O5/c1-8(9(13)14)12(2)10(15)11-4-5-17-7-6-16-3/h8H,4-7H2,1-3H3,(H,11,15)(H,13,14). The molecule has 0 heterocycles. The molecule has 0 aromatic rings. The quantitative estimate of drug-likeness (QED) is 0.579. The number of hydrogen-bond acceptors (Lipinski definition) is 4. The van der Waals surface area contributed by atoms with Crippen molar-refractivity contribution in [1.29, 1.82) is 0 Å². The Morgan fingerprint density at radius 2 is 2.00 bits per heavy atom. The third kappa shape index (κ3) is 6.75. The number of aliphatic carboxylic acids is 1. The van der Waals surface area contributed by atoms with E-state index in [0.717, 1.165) is 4.90 Å². The highest BCUT2D eigenvalue weighted by Crippen LogP contribution is 1.95. The molecule has 2 N–H and O–H groups in total. The fourth-order valence-electron chi connectivity index (χ4n) is 0.941. The summed E-state index contributed by atoms with van der Waals surface area (Å²) in [7, 11) is 3.01. The normalized spacial score (nSPS) is 11.9. The molecule has 0 rings (SSSR count). The Hall–Kier alpha value is -1.34. The summed E-state index contributed by atoms with van der Waals surface area (Å²) in [5.74, 6) is -1.04. The summed E-state index contributed by atoms with van der Waals surface area (Å²) in [5, 5.41) is 11.3. The van der Waals surface area contributed by atoms with Crippen molar-refractivity contribution in [3.63, 3.8) is 0 Å². The van der Waals surface area contributed by atoms with Gasteiger partial charge in [0.25, 0.3) is 0 Å². The lowest BCUT2D eigenvalue weighted by Crippen LogP contribution is -2.46. The van der Waals surface area contributed by atoms with Gasteiger partial charge in [0.2, 0.25) is 0 Å². The van der Waals surface area contributed by atoms with Gasteiger partial charge in [-0.1, -0.05) is 0 Å². The molecular formula is C10H20N2O5. The van der Waals surface area contributed by atoms with Gasteiger partial charge in [-0.15, -0.1) is 0 Å². The molecular weight excluding hydrogens is 228 g/mol. The number of likely N-dealkylation sites (N-methyl/N-ethyl adjacent to an activating group) is 1. The minimum absolute atomic E-state index is 0.333. The number of hydrogen-bond donors (Lipinski definition) is 2. The van der Waals surface area contributed by atoms with Crippen LogP contribution in [0.3, 0.4) is 0 Å². The molecule has 1 unspecified atom stereocenters. The Morgan fingerprint density at radius 3 is 2.53 bits per heavy atom. The first-order valence-corrected chi connectivity index (χ1v) is 5.30. The molecule has 7 nitrogen and oxygen atoms in total. The largest absolute Gasteiger partial charge is 0.480 e. The van der Waals surface area contributed by atoms with Crippen molar-refractivity contribution in [3.8, 4) is 0 Å². The van der Waals surface area contributed by atoms with Gasteiger partial charge in [-0.2, -0.15) is 0 Å². The predicted octanol–water partition coefficient (Wildman–Crippen LogP) is -0.236. The van der Waals surface area contributed by atoms with Gasteiger partial charge in [0.15, 0.2) is 0 Å². The highest BCUT2D eigenvalue weighted by atomic mass is 16.5. The number of methoxy groups -OCH3 is 1. The van der Waals surface area contributed by atoms with Crippen LogP contribution in [0.1, 0.15) is 6.92 Å². The van der Waals surface area contributed by atoms with Crippen molar-refractivity contribution in [2.45, 2.75) is 13.0 Å². The van der Waals surface area contributed by atoms with E-state index < -0.39 is 18.0 Å². The molecule has 0 saturated heterocycles. The van der Waals surface area contributed by atoms with Crippen LogP contribution in [-0.4, -0.2) is 68.6 Å². The van der Waals surface area contributed by atoms with Crippen molar-refractivity contribution < 1.29 is 24.2 Å². The summed E-state index contributed by atoms with van der Waals surface area (Å²) in [4.78, 5) is 23.2. The van der Waals surface area contributed by atoms with Crippen LogP contribution in [0.25, 0.3) is 0 Å². The molecule has 0 spiro atoms. The minimum Gasteiger partial charge on any atom is -0.480 e. The molecule has 17 heavy (non-hydrogen) atoms. The molecule has 0 aliphatic rings. The van der Waals surface area contributed by atoms with Crippen LogP contribution in [0.5, 0.6) is 0 Å². The molecule has 0 aliphatic heterocycles. The highest BCUT2D eigenvalue weighted by Gasteiger charge is 2.20. The lowest BCUT2D eigenvalue weighted by Gasteiger charge is -2.21. The molecule has 0 aromatic carbocycles. The summed E-state index contributed by atoms with van der Waals surface area (Å²) in [6, 6.07) is -1.29. The average molecular weight is 248 g/mol. The van der Waals surface area contributed by atoms with E-state index in [4.69, 9.17) is 14.6 Å². The summed E-state index contributed by atoms with van der Waals surface area (Å²) in [6.07, 6.45) is 0. The number of rotatable bonds is 8. The zero-order chi connectivity index (χ0) is 13.3. The van der Waals surface area contributed by atoms with Crippen molar-refractivity contribution in [2.75, 3.05) is 40.5 Å². The molecule has 1 atom stereocenters. The van der Waals surface area contributed by atoms with Crippen molar-refractivity contribution in [2.24, 2.45) is 0 Å². The van der Waals surface area contributed by atoms with Gasteiger partial charge < -0.3 is 24.8 Å². The van der Waals surface area contributed by atoms with Crippen LogP contribution in [0.15, 0.2) is 0 Å². The van der Waals surface area contributed by atoms with E-state index >= 15 is 0 Å². The Kier molecular flexibility index (Phi) is 8.08. The third-order valence-corrected chi connectivity index (χ3v) is 2.21. The molecule has 2 amide bonds. The summed E-state index contributed by atoms with van der Waals surface area (Å²) in [6.45, 7) is 3.11. The van der Waals surface area contributed by atoms with Crippen LogP contribution < -0.4 is 5.32 Å². The van der Waals surface area contributed by atoms with Crippen LogP contribution in [0.2, 0.25) is 0 Å². The number of nitrogens with one attached hydrogen (secondary N) is 1. The summed E-state index contributed by atoms with van der Waals surface area (Å²) >= 11 is 0. The second-order valence-corrected chi connectivity index (χ2v) is 3.46. The number of ether oxygens (including phenoxy) is 2. The van der Waals surface area contributed by atoms with E-state index in [2.05, 4.69) is 5.32 Å². The van der Waals surface area contributed by atoms with Gasteiger partial charge in [-0.05, 0) is 6.92 Å². The first-order valence-electron chi connectivity index (χ1n) is 5.30. The molecule has 0 fully saturated rings. The first kappa shape index (κ1) is 15.7. The maximum absolute atomic E-state index is 11.4. The van der Waals surface area contributed by atoms with E-state index in [1.807, 2.05) is 0 Å². The second kappa shape index (κ2) is 8.77. The first-order chi connectivity index (χ1) is 8.00. The van der Waals surface area contributed by atoms with E-state index in [9.17, 15) is 9.59 Å². The third-order valence-electron chi connectivity index (χ3n) is 2.21. The fraction of sp³-hybridized carbons (Fsp3) is 0.800. The van der Waals surface area contributed by atoms with Crippen LogP contribution in [-0.2, 0) is 14.3 Å². The van der Waals surface area contributed by atoms with Gasteiger partial charge in [0.1, 0.15) is 6.04 Å². The van der Waals surface area contributed by atoms with Crippen molar-refractivity contribution in [1.82, 2.24) is 10.2 Å². The van der Waals surface area contributed by atoms with E-state index in [1.54, 1.807) is 7.11 Å². The molecule has 0 aromatic heterocycles. The lowest BCUT2D eigenvalue weighted by atomic mass is 10.3. The van der Waals surface area contributed by atoms with E-state index in [1.165, 1.54) is 14.0 Å². The number of carbonyl (C=O) groups excluding carboxylic acids is 1. The van der Waals surface area contributed by atoms with E-state index in [-0.39, 0.29) is 0 Å². The molecule has 0 aliphatic carbocycles. The number of amides is 2. The Labute approximate surface area is 101 Å². The Bertz CT molecular complexity index is 247. The number of carboxylic acids is 1. The van der Waals surface area contributed by atoms with Gasteiger partial charge in [0.05, 0.1) is 19.8 Å². The van der Waals surface area contributed by atoms with Crippen LogP contribution in [0, 0.1) is 0 Å². The monoisotopic (exact) mass is 248 g/mol. The Morgan fingerprint density at radius 1 is 1.35 bits per heavy atom. The molecule has 0 bridgehead atoms. The highest BCUT2D eigenvalue weighted by molar-refractivity contribution is 5.82. The fourth-order valence-corrected chi connectivity index (χ4v) is 0.941. The van der Waals surface area contributed by atoms with Crippen molar-refractivity contribution >= 4 is 12.0 Å². The maximum Gasteiger partial charge on any atom is 0.326 e. The predicted molar refractivity (Wildman–Crippen MR) is 61.0 cm³/mol. The van der Waals surface area contributed by atoms with Gasteiger partial charge >= 0.3 is 12.0 Å². The SMILES string of the molecule is COCCOCCNC(=O)N(C)C(C)C(=O)O. The molecule has 0 radical (unpaired) electrons. The topological polar surface area (TPSA) is 88.1 Å². The molecule has 0 saturated carbocycles. The number of carbonyl (C=O) groups is 2. The van der Waals surface area contributed by atoms with E-state index in [0.29, 0.717) is 26.4 Å². The molecule has 100 valence electrons. The smallest absolute Gasteiger partial charge is 0.326 e. The van der Waals surface area contributed by atoms with Crippen LogP contribution >= 0.6 is 0 Å². The lowest BCUT2D eigenvalue weighted by molar-refractivity contribution is -0.141. The van der Waals surface area contributed by atoms with Gasteiger partial charge in [-0.25, -0.2) is 9.59 Å². The maximum atomic E-state index is 11.4. The van der Waals surface area contributed by atoms with Gasteiger partial charge in [0, 0.05) is 20.7 Å². The van der Waals surface area contributed by atoms with Crippen LogP contribution in [0.4, 0.5) is 4.79 Å². The number of carboxylic acid groups (broad SMARTS) is 1. The molecule has 7 heteroatoms. The Balaban J connectivity index is 3.68. The average Bonchev–Trinajstić information content (AvgIpc) is 2.31. The van der Waals surface area contributed by atoms with Gasteiger partial charge in [-0.3, -0.25) is 0 Å². The summed E-state index contributed by atoms with van der Waals surface area (Å²) < 4.78 is 9.92. The number of nitrogens with zero attached hydrogens (tertiary/aromatic N) is 1. The second-order valence-electron chi connectivity index (χ2n) is 3.46. The zero-order valence-electron chi connectivity index (χ0n) is 10.4. The summed E-state index contributed by atoms with van der Waals surface area (Å²) in [5.41, 5.74) is 0. The van der Waals surface area contributed by atoms with Crippen molar-refractivity contribution in [3.05, 3.63) is 0 Å². The zero-order valence-corrected chi connectivity index (χ0v) is 10.4.